The van der Waals surface area contributed by atoms with E-state index in [0.29, 0.717) is 18.2 Å². The molecule has 28 heavy (non-hydrogen) atoms. The van der Waals surface area contributed by atoms with Crippen molar-refractivity contribution in [3.8, 4) is 5.75 Å². The fourth-order valence-corrected chi connectivity index (χ4v) is 4.26. The molecule has 5 nitrogen and oxygen atoms in total. The Morgan fingerprint density at radius 3 is 2.50 bits per heavy atom. The van der Waals surface area contributed by atoms with Gasteiger partial charge in [0.15, 0.2) is 0 Å². The van der Waals surface area contributed by atoms with Crippen LogP contribution in [0, 0.1) is 6.92 Å². The topological polar surface area (TPSA) is 45.7 Å². The van der Waals surface area contributed by atoms with E-state index in [1.165, 1.54) is 32.1 Å². The van der Waals surface area contributed by atoms with Crippen molar-refractivity contribution in [3.63, 3.8) is 0 Å². The summed E-state index contributed by atoms with van der Waals surface area (Å²) in [5.41, 5.74) is 1.63. The van der Waals surface area contributed by atoms with E-state index in [4.69, 9.17) is 4.74 Å². The molecule has 152 valence electrons. The molecule has 1 aromatic carbocycles. The van der Waals surface area contributed by atoms with Gasteiger partial charge in [0.05, 0.1) is 10.7 Å². The summed E-state index contributed by atoms with van der Waals surface area (Å²) < 4.78 is 5.76. The molecule has 1 amide bonds. The van der Waals surface area contributed by atoms with Crippen molar-refractivity contribution in [2.75, 3.05) is 27.2 Å². The van der Waals surface area contributed by atoms with E-state index < -0.39 is 0 Å². The van der Waals surface area contributed by atoms with Crippen LogP contribution in [0.5, 0.6) is 5.75 Å². The van der Waals surface area contributed by atoms with Gasteiger partial charge in [-0.15, -0.1) is 11.3 Å². The molecular formula is C22H31N3O2S. The fourth-order valence-electron chi connectivity index (χ4n) is 3.66. The second kappa shape index (κ2) is 10.0. The Morgan fingerprint density at radius 2 is 1.86 bits per heavy atom. The first-order valence-electron chi connectivity index (χ1n) is 10.1. The second-order valence-electron chi connectivity index (χ2n) is 7.67. The van der Waals surface area contributed by atoms with E-state index in [1.807, 2.05) is 48.5 Å². The van der Waals surface area contributed by atoms with Gasteiger partial charge in [-0.3, -0.25) is 4.79 Å². The number of aryl methyl sites for hydroxylation is 1. The molecule has 0 N–H and O–H groups in total. The smallest absolute Gasteiger partial charge is 0.253 e. The number of nitrogens with zero attached hydrogens (tertiary/aromatic N) is 3. The lowest BCUT2D eigenvalue weighted by molar-refractivity contribution is 0.0767. The van der Waals surface area contributed by atoms with Gasteiger partial charge in [0, 0.05) is 37.1 Å². The largest absolute Gasteiger partial charge is 0.487 e. The Kier molecular flexibility index (Phi) is 7.45. The quantitative estimate of drug-likeness (QED) is 0.659. The van der Waals surface area contributed by atoms with Gasteiger partial charge < -0.3 is 14.5 Å². The monoisotopic (exact) mass is 401 g/mol. The Bertz CT molecular complexity index is 753. The number of amides is 1. The van der Waals surface area contributed by atoms with Crippen LogP contribution < -0.4 is 4.74 Å². The first-order valence-corrected chi connectivity index (χ1v) is 11.0. The SMILES string of the molecule is Cc1nc(COc2ccc(C(=O)N(C)CCN(C)C3CCCCC3)cc2)cs1. The molecule has 1 fully saturated rings. The van der Waals surface area contributed by atoms with Crippen LogP contribution in [0.1, 0.15) is 53.2 Å². The molecule has 2 aromatic rings. The summed E-state index contributed by atoms with van der Waals surface area (Å²) in [6.45, 7) is 4.09. The molecule has 1 saturated carbocycles. The van der Waals surface area contributed by atoms with Crippen molar-refractivity contribution in [2.45, 2.75) is 51.7 Å². The van der Waals surface area contributed by atoms with Gasteiger partial charge in [0.1, 0.15) is 12.4 Å². The molecule has 0 unspecified atom stereocenters. The molecule has 1 aliphatic carbocycles. The average Bonchev–Trinajstić information content (AvgIpc) is 3.16. The second-order valence-corrected chi connectivity index (χ2v) is 8.73. The summed E-state index contributed by atoms with van der Waals surface area (Å²) in [4.78, 5) is 21.3. The Balaban J connectivity index is 1.46. The molecule has 0 aliphatic heterocycles. The van der Waals surface area contributed by atoms with Crippen LogP contribution >= 0.6 is 11.3 Å². The number of benzene rings is 1. The number of carbonyl (C=O) groups is 1. The first-order chi connectivity index (χ1) is 13.5. The number of likely N-dealkylation sites (N-methyl/N-ethyl adjacent to an activating group) is 2. The lowest BCUT2D eigenvalue weighted by Crippen LogP contribution is -2.40. The maximum atomic E-state index is 12.7. The van der Waals surface area contributed by atoms with Crippen molar-refractivity contribution < 1.29 is 9.53 Å². The fraction of sp³-hybridized carbons (Fsp3) is 0.545. The summed E-state index contributed by atoms with van der Waals surface area (Å²) in [5, 5.41) is 3.05. The highest BCUT2D eigenvalue weighted by molar-refractivity contribution is 7.09. The molecule has 1 aliphatic rings. The molecule has 1 heterocycles. The van der Waals surface area contributed by atoms with Crippen molar-refractivity contribution in [3.05, 3.63) is 45.9 Å². The molecule has 3 rings (SSSR count). The number of aromatic nitrogens is 1. The predicted molar refractivity (Wildman–Crippen MR) is 114 cm³/mol. The summed E-state index contributed by atoms with van der Waals surface area (Å²) in [7, 11) is 4.07. The number of rotatable bonds is 8. The van der Waals surface area contributed by atoms with E-state index in [0.717, 1.165) is 29.5 Å². The number of hydrogen-bond donors (Lipinski definition) is 0. The highest BCUT2D eigenvalue weighted by atomic mass is 32.1. The van der Waals surface area contributed by atoms with E-state index >= 15 is 0 Å². The molecular weight excluding hydrogens is 370 g/mol. The van der Waals surface area contributed by atoms with Crippen LogP contribution in [0.3, 0.4) is 0 Å². The average molecular weight is 402 g/mol. The van der Waals surface area contributed by atoms with Gasteiger partial charge in [-0.1, -0.05) is 19.3 Å². The zero-order valence-corrected chi connectivity index (χ0v) is 18.0. The van der Waals surface area contributed by atoms with E-state index in [1.54, 1.807) is 11.3 Å². The highest BCUT2D eigenvalue weighted by Gasteiger charge is 2.19. The maximum Gasteiger partial charge on any atom is 0.253 e. The zero-order valence-electron chi connectivity index (χ0n) is 17.2. The van der Waals surface area contributed by atoms with E-state index in [2.05, 4.69) is 16.9 Å². The standard InChI is InChI=1S/C22H31N3O2S/c1-17-23-19(16-28-17)15-27-21-11-9-18(10-12-21)22(26)25(3)14-13-24(2)20-7-5-4-6-8-20/h9-12,16,20H,4-8,13-15H2,1-3H3. The summed E-state index contributed by atoms with van der Waals surface area (Å²) in [5.74, 6) is 0.806. The van der Waals surface area contributed by atoms with Crippen LogP contribution in [0.25, 0.3) is 0 Å². The van der Waals surface area contributed by atoms with Crippen LogP contribution in [0.15, 0.2) is 29.6 Å². The molecule has 0 atom stereocenters. The normalized spacial score (nSPS) is 15.0. The lowest BCUT2D eigenvalue weighted by Gasteiger charge is -2.32. The number of hydrogen-bond acceptors (Lipinski definition) is 5. The van der Waals surface area contributed by atoms with Crippen molar-refractivity contribution in [1.29, 1.82) is 0 Å². The van der Waals surface area contributed by atoms with Gasteiger partial charge in [0.2, 0.25) is 0 Å². The molecule has 0 spiro atoms. The van der Waals surface area contributed by atoms with Crippen LogP contribution in [0.4, 0.5) is 0 Å². The Morgan fingerprint density at radius 1 is 1.14 bits per heavy atom. The van der Waals surface area contributed by atoms with Gasteiger partial charge in [-0.25, -0.2) is 4.98 Å². The number of carbonyl (C=O) groups excluding carboxylic acids is 1. The predicted octanol–water partition coefficient (Wildman–Crippen LogP) is 4.37. The third kappa shape index (κ3) is 5.79. The summed E-state index contributed by atoms with van der Waals surface area (Å²) in [6.07, 6.45) is 6.61. The highest BCUT2D eigenvalue weighted by Crippen LogP contribution is 2.21. The third-order valence-electron chi connectivity index (χ3n) is 5.49. The third-order valence-corrected chi connectivity index (χ3v) is 6.31. The van der Waals surface area contributed by atoms with E-state index in [-0.39, 0.29) is 5.91 Å². The maximum absolute atomic E-state index is 12.7. The van der Waals surface area contributed by atoms with E-state index in [9.17, 15) is 4.79 Å². The molecule has 6 heteroatoms. The van der Waals surface area contributed by atoms with Gasteiger partial charge in [0.25, 0.3) is 5.91 Å². The van der Waals surface area contributed by atoms with Gasteiger partial charge in [-0.05, 0) is 51.1 Å². The van der Waals surface area contributed by atoms with Gasteiger partial charge in [-0.2, -0.15) is 0 Å². The van der Waals surface area contributed by atoms with Gasteiger partial charge >= 0.3 is 0 Å². The minimum absolute atomic E-state index is 0.0544. The summed E-state index contributed by atoms with van der Waals surface area (Å²) >= 11 is 1.62. The van der Waals surface area contributed by atoms with Crippen LogP contribution in [-0.4, -0.2) is 53.9 Å². The minimum Gasteiger partial charge on any atom is -0.487 e. The molecule has 0 radical (unpaired) electrons. The Labute approximate surface area is 172 Å². The molecule has 1 aromatic heterocycles. The van der Waals surface area contributed by atoms with Crippen molar-refractivity contribution >= 4 is 17.2 Å². The van der Waals surface area contributed by atoms with Crippen molar-refractivity contribution in [2.24, 2.45) is 0 Å². The molecule has 0 saturated heterocycles. The van der Waals surface area contributed by atoms with Crippen LogP contribution in [-0.2, 0) is 6.61 Å². The number of thiazole rings is 1. The minimum atomic E-state index is 0.0544. The molecule has 0 bridgehead atoms. The number of ether oxygens (including phenoxy) is 1. The lowest BCUT2D eigenvalue weighted by atomic mass is 9.94. The van der Waals surface area contributed by atoms with Crippen LogP contribution in [0.2, 0.25) is 0 Å². The zero-order chi connectivity index (χ0) is 19.9. The summed E-state index contributed by atoms with van der Waals surface area (Å²) in [6, 6.07) is 8.06. The Hall–Kier alpha value is -1.92. The first kappa shape index (κ1) is 20.8. The van der Waals surface area contributed by atoms with Crippen molar-refractivity contribution in [1.82, 2.24) is 14.8 Å².